The van der Waals surface area contributed by atoms with E-state index < -0.39 is 58.0 Å². The molecule has 1 N–H and O–H groups in total. The van der Waals surface area contributed by atoms with Gasteiger partial charge < -0.3 is 27.8 Å². The molecule has 0 aromatic carbocycles. The molecule has 0 radical (unpaired) electrons. The van der Waals surface area contributed by atoms with Gasteiger partial charge in [-0.05, 0) is 55.9 Å². The maximum Gasteiger partial charge on any atom is 0.335 e. The number of allylic oxidation sites excluding steroid dienone is 1. The van der Waals surface area contributed by atoms with Gasteiger partial charge in [-0.2, -0.15) is 5.26 Å². The van der Waals surface area contributed by atoms with Crippen molar-refractivity contribution in [1.29, 1.82) is 5.26 Å². The van der Waals surface area contributed by atoms with E-state index in [4.69, 9.17) is 22.4 Å². The van der Waals surface area contributed by atoms with Crippen LogP contribution in [0.15, 0.2) is 24.3 Å². The van der Waals surface area contributed by atoms with Gasteiger partial charge in [0.15, 0.2) is 23.1 Å². The second-order valence-corrected chi connectivity index (χ2v) is 26.0. The van der Waals surface area contributed by atoms with Crippen LogP contribution in [0.2, 0.25) is 22.2 Å². The Balaban J connectivity index is 2.06. The third kappa shape index (κ3) is 7.45. The fourth-order valence-corrected chi connectivity index (χ4v) is 18.1. The number of aromatic nitrogens is 4. The van der Waals surface area contributed by atoms with Crippen LogP contribution in [-0.2, 0) is 37.8 Å². The molecule has 2 saturated heterocycles. The van der Waals surface area contributed by atoms with Crippen molar-refractivity contribution in [3.63, 3.8) is 0 Å². The maximum absolute atomic E-state index is 13.9. The predicted molar refractivity (Wildman–Crippen MR) is 199 cm³/mol. The van der Waals surface area contributed by atoms with E-state index in [9.17, 15) is 14.9 Å². The first-order valence-corrected chi connectivity index (χ1v) is 21.9. The zero-order valence-electron chi connectivity index (χ0n) is 33.1. The minimum absolute atomic E-state index is 0.00891. The van der Waals surface area contributed by atoms with E-state index in [1.807, 2.05) is 0 Å². The Labute approximate surface area is 305 Å². The predicted octanol–water partition coefficient (Wildman–Crippen LogP) is 7.25. The number of nitrogens with zero attached hydrogens (tertiary/aromatic N) is 5. The Hall–Kier alpha value is -3.01. The number of carbonyl (C=O) groups is 2. The summed E-state index contributed by atoms with van der Waals surface area (Å²) in [5.74, 6) is -0.522. The second-order valence-electron chi connectivity index (χ2n) is 17.2. The summed E-state index contributed by atoms with van der Waals surface area (Å²) in [7, 11) is -6.18. The van der Waals surface area contributed by atoms with Gasteiger partial charge in [-0.15, -0.1) is 0 Å². The van der Waals surface area contributed by atoms with Gasteiger partial charge in [0.25, 0.3) is 0 Å². The number of imidazole rings is 1. The van der Waals surface area contributed by atoms with Crippen LogP contribution in [0.5, 0.6) is 0 Å². The summed E-state index contributed by atoms with van der Waals surface area (Å²) < 4.78 is 37.2. The van der Waals surface area contributed by atoms with E-state index in [0.29, 0.717) is 16.7 Å². The lowest BCUT2D eigenvalue weighted by Gasteiger charge is -2.51. The largest absolute Gasteiger partial charge is 0.454 e. The molecule has 2 aromatic rings. The topological polar surface area (TPSA) is 160 Å². The molecule has 0 aliphatic carbocycles. The molecule has 282 valence electrons. The van der Waals surface area contributed by atoms with Crippen molar-refractivity contribution in [3.05, 3.63) is 24.3 Å². The quantitative estimate of drug-likeness (QED) is 0.165. The first-order chi connectivity index (χ1) is 23.5. The highest BCUT2D eigenvalue weighted by Crippen LogP contribution is 2.51. The third-order valence-electron chi connectivity index (χ3n) is 9.81. The number of hydrogen-bond donors (Lipinski definition) is 1. The van der Waals surface area contributed by atoms with Gasteiger partial charge in [-0.1, -0.05) is 76.2 Å². The van der Waals surface area contributed by atoms with Crippen molar-refractivity contribution in [2.24, 2.45) is 10.8 Å². The average Bonchev–Trinajstić information content (AvgIpc) is 3.56. The van der Waals surface area contributed by atoms with Crippen LogP contribution in [0, 0.1) is 22.2 Å². The Morgan fingerprint density at radius 1 is 0.980 bits per heavy atom. The molecule has 0 spiro atoms. The molecule has 2 aliphatic rings. The van der Waals surface area contributed by atoms with Crippen molar-refractivity contribution < 1.29 is 32.0 Å². The Morgan fingerprint density at radius 2 is 1.57 bits per heavy atom. The molecule has 51 heavy (non-hydrogen) atoms. The lowest BCUT2D eigenvalue weighted by atomic mass is 9.95. The van der Waals surface area contributed by atoms with Gasteiger partial charge >= 0.3 is 23.1 Å². The first kappa shape index (κ1) is 40.8. The highest BCUT2D eigenvalue weighted by Gasteiger charge is 2.66. The summed E-state index contributed by atoms with van der Waals surface area (Å²) in [6, 6.07) is 2.22. The number of amides is 1. The number of nitriles is 1. The highest BCUT2D eigenvalue weighted by molar-refractivity contribution is 6.84. The summed E-state index contributed by atoms with van der Waals surface area (Å²) in [5.41, 5.74) is -2.19. The van der Waals surface area contributed by atoms with Gasteiger partial charge in [0.05, 0.1) is 24.4 Å². The monoisotopic (exact) mass is 742 g/mol. The van der Waals surface area contributed by atoms with E-state index in [-0.39, 0.29) is 40.5 Å². The first-order valence-electron chi connectivity index (χ1n) is 18.0. The van der Waals surface area contributed by atoms with Crippen LogP contribution in [-0.4, -0.2) is 73.4 Å². The Bertz CT molecular complexity index is 1670. The number of rotatable bonds is 8. The van der Waals surface area contributed by atoms with E-state index in [1.54, 1.807) is 59.1 Å². The Morgan fingerprint density at radius 3 is 2.08 bits per heavy atom. The molecule has 2 aromatic heterocycles. The number of nitrogens with one attached hydrogen (secondary N) is 1. The molecule has 0 unspecified atom stereocenters. The van der Waals surface area contributed by atoms with Gasteiger partial charge in [0.1, 0.15) is 18.5 Å². The van der Waals surface area contributed by atoms with Crippen LogP contribution in [0.3, 0.4) is 0 Å². The zero-order valence-corrected chi connectivity index (χ0v) is 35.1. The molecular formula is C36H58N6O7Si2. The number of ether oxygens (including phenoxy) is 2. The Kier molecular flexibility index (Phi) is 11.5. The van der Waals surface area contributed by atoms with Crippen molar-refractivity contribution in [2.75, 3.05) is 11.9 Å². The van der Waals surface area contributed by atoms with Gasteiger partial charge in [0, 0.05) is 11.0 Å². The maximum atomic E-state index is 13.9. The summed E-state index contributed by atoms with van der Waals surface area (Å²) >= 11 is 0. The van der Waals surface area contributed by atoms with Crippen molar-refractivity contribution in [3.8, 4) is 6.07 Å². The molecule has 4 heterocycles. The molecule has 4 rings (SSSR count). The molecule has 4 atom stereocenters. The lowest BCUT2D eigenvalue weighted by molar-refractivity contribution is -0.176. The molecule has 0 bridgehead atoms. The van der Waals surface area contributed by atoms with Crippen LogP contribution in [0.4, 0.5) is 5.82 Å². The summed E-state index contributed by atoms with van der Waals surface area (Å²) in [6.07, 6.45) is 1.74. The molecule has 13 nitrogen and oxygen atoms in total. The summed E-state index contributed by atoms with van der Waals surface area (Å²) in [6.45, 7) is 29.6. The minimum Gasteiger partial charge on any atom is -0.454 e. The summed E-state index contributed by atoms with van der Waals surface area (Å²) in [4.78, 5) is 40.6. The smallest absolute Gasteiger partial charge is 0.335 e. The normalized spacial score (nSPS) is 25.5. The van der Waals surface area contributed by atoms with Gasteiger partial charge in [-0.25, -0.2) is 15.0 Å². The highest BCUT2D eigenvalue weighted by atomic mass is 28.5. The SMILES string of the molecule is C/C(C#N)=C\[C@@]1(n2cnc3c(NC(=O)C(C)(C)C)ncnc32)O[C@@H]2CO[Si](C(C)C)(C(C)C)O[Si](C(C)C)(C(C)C)O[C@H]2[C@@H]1OC(=O)C(C)(C)C. The third-order valence-corrected chi connectivity index (χ3v) is 20.1. The molecule has 1 amide bonds. The number of fused-ring (bicyclic) bond motifs is 2. The van der Waals surface area contributed by atoms with Crippen molar-refractivity contribution >= 4 is 46.0 Å². The zero-order chi connectivity index (χ0) is 38.5. The fourth-order valence-electron chi connectivity index (χ4n) is 6.85. The van der Waals surface area contributed by atoms with E-state index in [2.05, 4.69) is 81.7 Å². The average molecular weight is 743 g/mol. The number of carbonyl (C=O) groups excluding carboxylic acids is 2. The van der Waals surface area contributed by atoms with Crippen LogP contribution < -0.4 is 5.32 Å². The number of esters is 1. The molecule has 15 heteroatoms. The standard InChI is InChI=1S/C36H58N6O7Si2/c1-21(2)50(22(3)4)45-18-26-28(48-51(49-50,23(5)6)24(7)8)29(46-33(44)35(13,14)15)36(47-26,16-25(9)17-37)42-20-40-27-30(38-19-39-31(27)42)41-32(43)34(10,11)12/h16,19-24,26,28-29H,18H2,1-15H3,(H,38,39,41,43)/b25-16+/t26-,28-,29+,36-/m1/s1. The molecule has 2 fully saturated rings. The van der Waals surface area contributed by atoms with Gasteiger partial charge in [-0.3, -0.25) is 14.2 Å². The van der Waals surface area contributed by atoms with Crippen molar-refractivity contribution in [2.45, 2.75) is 150 Å². The lowest BCUT2D eigenvalue weighted by Crippen LogP contribution is -2.66. The number of hydrogen-bond acceptors (Lipinski definition) is 11. The minimum atomic E-state index is -3.22. The van der Waals surface area contributed by atoms with Crippen LogP contribution in [0.25, 0.3) is 11.2 Å². The van der Waals surface area contributed by atoms with E-state index in [1.165, 1.54) is 12.7 Å². The van der Waals surface area contributed by atoms with E-state index in [0.717, 1.165) is 0 Å². The number of anilines is 1. The summed E-state index contributed by atoms with van der Waals surface area (Å²) in [5, 5.41) is 13.0. The van der Waals surface area contributed by atoms with Crippen molar-refractivity contribution in [1.82, 2.24) is 19.5 Å². The fraction of sp³-hybridized carbons (Fsp3) is 0.722. The molecular weight excluding hydrogens is 685 g/mol. The van der Waals surface area contributed by atoms with Crippen LogP contribution >= 0.6 is 0 Å². The van der Waals surface area contributed by atoms with Gasteiger partial charge in [0.2, 0.25) is 11.6 Å². The molecule has 2 aliphatic heterocycles. The molecule has 0 saturated carbocycles. The van der Waals surface area contributed by atoms with E-state index >= 15 is 0 Å². The van der Waals surface area contributed by atoms with Crippen LogP contribution in [0.1, 0.15) is 104 Å². The second kappa shape index (κ2) is 14.4.